The normalized spacial score (nSPS) is 19.8. The average molecular weight is 677 g/mol. The van der Waals surface area contributed by atoms with Crippen LogP contribution in [0.3, 0.4) is 0 Å². The van der Waals surface area contributed by atoms with Gasteiger partial charge in [-0.3, -0.25) is 0 Å². The van der Waals surface area contributed by atoms with Crippen LogP contribution >= 0.6 is 15.8 Å². The van der Waals surface area contributed by atoms with Crippen molar-refractivity contribution in [1.82, 2.24) is 0 Å². The molecule has 0 N–H and O–H groups in total. The Bertz CT molecular complexity index is 2060. The van der Waals surface area contributed by atoms with Gasteiger partial charge in [0, 0.05) is 5.41 Å². The van der Waals surface area contributed by atoms with Crippen molar-refractivity contribution < 1.29 is 0 Å². The predicted molar refractivity (Wildman–Crippen MR) is 219 cm³/mol. The first kappa shape index (κ1) is 33.9. The van der Waals surface area contributed by atoms with Gasteiger partial charge >= 0.3 is 0 Å². The molecule has 0 saturated heterocycles. The molecule has 0 heterocycles. The van der Waals surface area contributed by atoms with E-state index in [1.54, 1.807) is 38.2 Å². The van der Waals surface area contributed by atoms with Crippen LogP contribution in [0.5, 0.6) is 0 Å². The summed E-state index contributed by atoms with van der Waals surface area (Å²) in [5.41, 5.74) is 14.5. The van der Waals surface area contributed by atoms with Crippen LogP contribution < -0.4 is 21.2 Å². The Labute approximate surface area is 298 Å². The molecule has 3 aliphatic rings. The van der Waals surface area contributed by atoms with Crippen LogP contribution in [0.15, 0.2) is 132 Å². The van der Waals surface area contributed by atoms with Crippen molar-refractivity contribution in [2.24, 2.45) is 0 Å². The maximum atomic E-state index is 4.13. The van der Waals surface area contributed by atoms with Crippen molar-refractivity contribution in [3.63, 3.8) is 0 Å². The molecule has 0 aromatic heterocycles. The molecule has 0 aliphatic heterocycles. The minimum Gasteiger partial charge on any atom is -0.0988 e. The van der Waals surface area contributed by atoms with Crippen LogP contribution in [0.2, 0.25) is 0 Å². The minimum absolute atomic E-state index is 0.0223. The van der Waals surface area contributed by atoms with Gasteiger partial charge in [0.25, 0.3) is 0 Å². The molecule has 248 valence electrons. The largest absolute Gasteiger partial charge is 0.0988 e. The van der Waals surface area contributed by atoms with Crippen molar-refractivity contribution in [3.05, 3.63) is 176 Å². The van der Waals surface area contributed by atoms with Crippen molar-refractivity contribution >= 4 is 37.1 Å². The van der Waals surface area contributed by atoms with E-state index >= 15 is 0 Å². The van der Waals surface area contributed by atoms with Gasteiger partial charge in [0.1, 0.15) is 0 Å². The summed E-state index contributed by atoms with van der Waals surface area (Å²) in [5, 5.41) is 9.10. The molecule has 0 radical (unpaired) electrons. The monoisotopic (exact) mass is 676 g/mol. The van der Waals surface area contributed by atoms with Gasteiger partial charge < -0.3 is 0 Å². The van der Waals surface area contributed by atoms with Crippen LogP contribution in [-0.2, 0) is 18.3 Å². The molecule has 0 amide bonds. The molecule has 2 unspecified atom stereocenters. The first-order valence-corrected chi connectivity index (χ1v) is 20.7. The summed E-state index contributed by atoms with van der Waals surface area (Å²) >= 11 is 0. The lowest BCUT2D eigenvalue weighted by Crippen LogP contribution is -2.34. The highest BCUT2D eigenvalue weighted by Gasteiger charge is 2.49. The molecular formula is C47H50P2. The molecule has 0 saturated carbocycles. The second-order valence-corrected chi connectivity index (χ2v) is 19.1. The summed E-state index contributed by atoms with van der Waals surface area (Å²) < 4.78 is 0. The molecule has 7 rings (SSSR count). The van der Waals surface area contributed by atoms with Gasteiger partial charge in [-0.25, -0.2) is 0 Å². The topological polar surface area (TPSA) is 0 Å². The van der Waals surface area contributed by atoms with Crippen molar-refractivity contribution in [2.45, 2.75) is 86.0 Å². The van der Waals surface area contributed by atoms with Gasteiger partial charge in [0.05, 0.1) is 0 Å². The molecule has 49 heavy (non-hydrogen) atoms. The van der Waals surface area contributed by atoms with Gasteiger partial charge in [-0.2, -0.15) is 0 Å². The van der Waals surface area contributed by atoms with E-state index in [-0.39, 0.29) is 5.41 Å². The molecule has 0 nitrogen and oxygen atoms in total. The second-order valence-electron chi connectivity index (χ2n) is 14.7. The number of hydrogen-bond donors (Lipinski definition) is 0. The number of aryl methyl sites for hydroxylation is 6. The third kappa shape index (κ3) is 6.22. The Morgan fingerprint density at radius 2 is 1.29 bits per heavy atom. The fourth-order valence-corrected chi connectivity index (χ4v) is 14.9. The SMILES string of the molecule is C=C/C(C)=C\C(=C/C)P(c1cc(C)cc(C)c1)c1cccc2c1[C@]1(CCc3cccc(P(C4=CC(C)=CC4)c4cc(C)cc(C)c4)c31)CC2. The zero-order chi connectivity index (χ0) is 34.4. The molecule has 0 fully saturated rings. The van der Waals surface area contributed by atoms with Crippen LogP contribution in [-0.4, -0.2) is 0 Å². The molecule has 2 heteroatoms. The lowest BCUT2D eigenvalue weighted by molar-refractivity contribution is 0.511. The van der Waals surface area contributed by atoms with E-state index in [2.05, 4.69) is 152 Å². The number of benzene rings is 4. The minimum atomic E-state index is -0.789. The van der Waals surface area contributed by atoms with E-state index in [1.165, 1.54) is 62.2 Å². The number of allylic oxidation sites excluding steroid dienone is 9. The molecule has 4 aromatic rings. The first-order valence-electron chi connectivity index (χ1n) is 18.0. The van der Waals surface area contributed by atoms with Crippen LogP contribution in [0, 0.1) is 27.7 Å². The van der Waals surface area contributed by atoms with E-state index in [1.807, 2.05) is 6.08 Å². The predicted octanol–water partition coefficient (Wildman–Crippen LogP) is 11.2. The fourth-order valence-electron chi connectivity index (χ4n) is 8.93. The summed E-state index contributed by atoms with van der Waals surface area (Å²) in [6.07, 6.45) is 17.4. The Balaban J connectivity index is 1.49. The lowest BCUT2D eigenvalue weighted by Gasteiger charge is -2.35. The van der Waals surface area contributed by atoms with E-state index in [0.29, 0.717) is 0 Å². The van der Waals surface area contributed by atoms with Crippen molar-refractivity contribution in [3.8, 4) is 0 Å². The highest BCUT2D eigenvalue weighted by Crippen LogP contribution is 2.59. The summed E-state index contributed by atoms with van der Waals surface area (Å²) in [6, 6.07) is 29.1. The molecular weight excluding hydrogens is 626 g/mol. The summed E-state index contributed by atoms with van der Waals surface area (Å²) in [7, 11) is -1.46. The number of rotatable bonds is 8. The Morgan fingerprint density at radius 3 is 1.82 bits per heavy atom. The lowest BCUT2D eigenvalue weighted by atomic mass is 9.76. The zero-order valence-corrected chi connectivity index (χ0v) is 32.2. The Morgan fingerprint density at radius 1 is 0.735 bits per heavy atom. The van der Waals surface area contributed by atoms with E-state index in [0.717, 1.165) is 19.3 Å². The second kappa shape index (κ2) is 13.6. The van der Waals surface area contributed by atoms with Crippen LogP contribution in [0.25, 0.3) is 0 Å². The summed E-state index contributed by atoms with van der Waals surface area (Å²) in [4.78, 5) is 0. The van der Waals surface area contributed by atoms with Crippen LogP contribution in [0.1, 0.15) is 84.5 Å². The molecule has 3 atom stereocenters. The average Bonchev–Trinajstić information content (AvgIpc) is 3.78. The third-order valence-electron chi connectivity index (χ3n) is 10.8. The zero-order valence-electron chi connectivity index (χ0n) is 30.5. The molecule has 1 spiro atoms. The van der Waals surface area contributed by atoms with Crippen molar-refractivity contribution in [2.75, 3.05) is 0 Å². The maximum Gasteiger partial charge on any atom is 0.0227 e. The van der Waals surface area contributed by atoms with Crippen LogP contribution in [0.4, 0.5) is 0 Å². The first-order chi connectivity index (χ1) is 23.6. The third-order valence-corrected chi connectivity index (χ3v) is 15.9. The van der Waals surface area contributed by atoms with E-state index in [9.17, 15) is 0 Å². The molecule has 3 aliphatic carbocycles. The maximum absolute atomic E-state index is 4.13. The highest BCUT2D eigenvalue weighted by molar-refractivity contribution is 7.77. The van der Waals surface area contributed by atoms with Gasteiger partial charge in [-0.15, -0.1) is 0 Å². The van der Waals surface area contributed by atoms with E-state index < -0.39 is 15.8 Å². The fraction of sp³-hybridized carbons (Fsp3) is 0.277. The van der Waals surface area contributed by atoms with Gasteiger partial charge in [-0.1, -0.05) is 143 Å². The summed E-state index contributed by atoms with van der Waals surface area (Å²) in [6.45, 7) is 19.9. The molecule has 4 aromatic carbocycles. The molecule has 0 bridgehead atoms. The van der Waals surface area contributed by atoms with Crippen molar-refractivity contribution in [1.29, 1.82) is 0 Å². The highest BCUT2D eigenvalue weighted by atomic mass is 31.1. The number of fused-ring (bicyclic) bond motifs is 4. The smallest absolute Gasteiger partial charge is 0.0227 e. The Kier molecular flexibility index (Phi) is 9.43. The standard InChI is InChI=1S/C47H50P2/c1-9-31(3)25-39(10-2)48(41-27-33(5)23-34(6)28-41)43-15-11-13-37-19-21-47(45(37)43)22-20-38-14-12-16-44(46(38)47)49(40-18-17-32(4)26-40)42-29-35(7)24-36(8)30-42/h9-17,23-30H,1,18-22H2,2-8H3/b31-25-,39-10+/t47-,48?,49?/m1/s1. The van der Waals surface area contributed by atoms with Gasteiger partial charge in [-0.05, 0) is 151 Å². The van der Waals surface area contributed by atoms with E-state index in [4.69, 9.17) is 0 Å². The quantitative estimate of drug-likeness (QED) is 0.129. The Hall–Kier alpha value is -3.56. The van der Waals surface area contributed by atoms with Gasteiger partial charge in [0.2, 0.25) is 0 Å². The number of hydrogen-bond acceptors (Lipinski definition) is 0. The summed E-state index contributed by atoms with van der Waals surface area (Å²) in [5.74, 6) is 0. The van der Waals surface area contributed by atoms with Gasteiger partial charge in [0.15, 0.2) is 0 Å².